The van der Waals surface area contributed by atoms with E-state index in [1.54, 1.807) is 25.3 Å². The van der Waals surface area contributed by atoms with Gasteiger partial charge in [-0.15, -0.1) is 10.2 Å². The molecule has 0 radical (unpaired) electrons. The van der Waals surface area contributed by atoms with Crippen molar-refractivity contribution in [2.75, 3.05) is 17.7 Å². The van der Waals surface area contributed by atoms with Crippen LogP contribution in [0.3, 0.4) is 0 Å². The Balaban J connectivity index is 1.60. The number of rotatable bonds is 6. The van der Waals surface area contributed by atoms with E-state index in [0.717, 1.165) is 16.9 Å². The highest BCUT2D eigenvalue weighted by Crippen LogP contribution is 2.18. The second-order valence-corrected chi connectivity index (χ2v) is 5.79. The van der Waals surface area contributed by atoms with Crippen LogP contribution in [0.1, 0.15) is 21.5 Å². The predicted molar refractivity (Wildman–Crippen MR) is 101 cm³/mol. The average molecular weight is 348 g/mol. The lowest BCUT2D eigenvalue weighted by Crippen LogP contribution is -2.14. The Hall–Kier alpha value is -3.41. The Labute approximate surface area is 152 Å². The van der Waals surface area contributed by atoms with Crippen LogP contribution in [-0.4, -0.2) is 23.2 Å². The van der Waals surface area contributed by atoms with Crippen LogP contribution in [0, 0.1) is 6.92 Å². The summed E-state index contributed by atoms with van der Waals surface area (Å²) in [6.45, 7) is 2.51. The number of carbonyl (C=O) groups is 1. The molecule has 2 aromatic carbocycles. The van der Waals surface area contributed by atoms with Gasteiger partial charge in [-0.25, -0.2) is 0 Å². The first-order valence-electron chi connectivity index (χ1n) is 8.23. The molecule has 0 saturated carbocycles. The lowest BCUT2D eigenvalue weighted by atomic mass is 10.1. The molecular formula is C20H20N4O2. The number of methoxy groups -OCH3 is 1. The van der Waals surface area contributed by atoms with E-state index in [1.807, 2.05) is 49.4 Å². The van der Waals surface area contributed by atoms with Crippen molar-refractivity contribution in [2.24, 2.45) is 0 Å². The van der Waals surface area contributed by atoms with Gasteiger partial charge in [0.2, 0.25) is 0 Å². The van der Waals surface area contributed by atoms with Crippen LogP contribution >= 0.6 is 0 Å². The molecule has 1 heterocycles. The summed E-state index contributed by atoms with van der Waals surface area (Å²) in [5.74, 6) is 1.62. The zero-order valence-corrected chi connectivity index (χ0v) is 14.7. The molecule has 1 aromatic heterocycles. The number of nitrogens with one attached hydrogen (secondary N) is 2. The van der Waals surface area contributed by atoms with Crippen molar-refractivity contribution < 1.29 is 9.53 Å². The fraction of sp³-hybridized carbons (Fsp3) is 0.150. The molecule has 0 atom stereocenters. The number of amides is 1. The van der Waals surface area contributed by atoms with Crippen LogP contribution in [0.15, 0.2) is 60.7 Å². The number of hydrogen-bond donors (Lipinski definition) is 2. The van der Waals surface area contributed by atoms with Gasteiger partial charge in [0.05, 0.1) is 7.11 Å². The van der Waals surface area contributed by atoms with Crippen LogP contribution in [0.5, 0.6) is 5.75 Å². The number of nitrogens with zero attached hydrogens (tertiary/aromatic N) is 2. The first-order valence-corrected chi connectivity index (χ1v) is 8.23. The number of para-hydroxylation sites is 1. The van der Waals surface area contributed by atoms with E-state index in [2.05, 4.69) is 20.8 Å². The van der Waals surface area contributed by atoms with E-state index in [4.69, 9.17) is 4.74 Å². The van der Waals surface area contributed by atoms with Crippen LogP contribution in [0.4, 0.5) is 11.6 Å². The van der Waals surface area contributed by atoms with E-state index < -0.39 is 0 Å². The van der Waals surface area contributed by atoms with Gasteiger partial charge in [-0.05, 0) is 37.3 Å². The molecule has 0 spiro atoms. The first kappa shape index (κ1) is 17.4. The van der Waals surface area contributed by atoms with Crippen molar-refractivity contribution in [3.05, 3.63) is 77.4 Å². The lowest BCUT2D eigenvalue weighted by Gasteiger charge is -2.10. The Morgan fingerprint density at radius 3 is 2.50 bits per heavy atom. The summed E-state index contributed by atoms with van der Waals surface area (Å²) in [4.78, 5) is 12.2. The molecule has 1 amide bonds. The van der Waals surface area contributed by atoms with Crippen molar-refractivity contribution in [1.82, 2.24) is 10.2 Å². The van der Waals surface area contributed by atoms with Crippen LogP contribution in [0.2, 0.25) is 0 Å². The van der Waals surface area contributed by atoms with E-state index in [9.17, 15) is 4.79 Å². The number of aryl methyl sites for hydroxylation is 1. The first-order chi connectivity index (χ1) is 12.7. The Morgan fingerprint density at radius 1 is 1.00 bits per heavy atom. The molecule has 6 heteroatoms. The van der Waals surface area contributed by atoms with Gasteiger partial charge >= 0.3 is 0 Å². The smallest absolute Gasteiger partial charge is 0.256 e. The highest BCUT2D eigenvalue weighted by atomic mass is 16.5. The number of hydrogen-bond acceptors (Lipinski definition) is 5. The molecule has 0 fully saturated rings. The molecule has 0 bridgehead atoms. The van der Waals surface area contributed by atoms with Crippen molar-refractivity contribution in [3.63, 3.8) is 0 Å². The maximum absolute atomic E-state index is 12.2. The van der Waals surface area contributed by atoms with Gasteiger partial charge in [0.25, 0.3) is 5.91 Å². The topological polar surface area (TPSA) is 76.1 Å². The summed E-state index contributed by atoms with van der Waals surface area (Å²) in [7, 11) is 1.64. The number of aromatic nitrogens is 2. The monoisotopic (exact) mass is 348 g/mol. The van der Waals surface area contributed by atoms with Crippen LogP contribution in [0.25, 0.3) is 0 Å². The quantitative estimate of drug-likeness (QED) is 0.711. The zero-order valence-electron chi connectivity index (χ0n) is 14.7. The van der Waals surface area contributed by atoms with E-state index in [1.165, 1.54) is 0 Å². The number of anilines is 2. The van der Waals surface area contributed by atoms with Gasteiger partial charge in [-0.2, -0.15) is 0 Å². The second-order valence-electron chi connectivity index (χ2n) is 5.79. The van der Waals surface area contributed by atoms with Crippen molar-refractivity contribution in [3.8, 4) is 5.75 Å². The minimum atomic E-state index is -0.210. The van der Waals surface area contributed by atoms with Crippen LogP contribution < -0.4 is 15.4 Å². The van der Waals surface area contributed by atoms with Gasteiger partial charge in [-0.3, -0.25) is 4.79 Å². The number of ether oxygens (including phenoxy) is 1. The third-order valence-corrected chi connectivity index (χ3v) is 3.84. The number of benzene rings is 2. The molecule has 0 saturated heterocycles. The molecule has 132 valence electrons. The lowest BCUT2D eigenvalue weighted by molar-refractivity contribution is 0.102. The largest absolute Gasteiger partial charge is 0.496 e. The maximum atomic E-state index is 12.2. The van der Waals surface area contributed by atoms with Gasteiger partial charge in [0.15, 0.2) is 5.82 Å². The molecule has 3 aromatic rings. The summed E-state index contributed by atoms with van der Waals surface area (Å²) in [5, 5.41) is 14.1. The van der Waals surface area contributed by atoms with Crippen molar-refractivity contribution in [2.45, 2.75) is 13.5 Å². The summed E-state index contributed by atoms with van der Waals surface area (Å²) in [6, 6.07) is 18.6. The summed E-state index contributed by atoms with van der Waals surface area (Å²) in [5.41, 5.74) is 2.64. The Bertz CT molecular complexity index is 894. The molecule has 3 rings (SSSR count). The molecule has 0 unspecified atom stereocenters. The van der Waals surface area contributed by atoms with Crippen molar-refractivity contribution in [1.29, 1.82) is 0 Å². The van der Waals surface area contributed by atoms with Gasteiger partial charge in [-0.1, -0.05) is 35.9 Å². The second kappa shape index (κ2) is 8.11. The normalized spacial score (nSPS) is 10.2. The molecule has 26 heavy (non-hydrogen) atoms. The SMILES string of the molecule is COc1ccccc1CNc1ccc(NC(=O)c2cccc(C)c2)nn1. The molecule has 0 aliphatic carbocycles. The Kier molecular flexibility index (Phi) is 5.43. The van der Waals surface area contributed by atoms with Crippen LogP contribution in [-0.2, 0) is 6.54 Å². The fourth-order valence-electron chi connectivity index (χ4n) is 2.50. The molecule has 0 aliphatic heterocycles. The zero-order chi connectivity index (χ0) is 18.4. The van der Waals surface area contributed by atoms with Gasteiger partial charge in [0.1, 0.15) is 11.6 Å². The van der Waals surface area contributed by atoms with E-state index in [-0.39, 0.29) is 5.91 Å². The highest BCUT2D eigenvalue weighted by Gasteiger charge is 2.08. The summed E-state index contributed by atoms with van der Waals surface area (Å²) in [6.07, 6.45) is 0. The highest BCUT2D eigenvalue weighted by molar-refractivity contribution is 6.03. The number of carbonyl (C=O) groups excluding carboxylic acids is 1. The minimum Gasteiger partial charge on any atom is -0.496 e. The minimum absolute atomic E-state index is 0.210. The van der Waals surface area contributed by atoms with Gasteiger partial charge < -0.3 is 15.4 Å². The molecule has 2 N–H and O–H groups in total. The average Bonchev–Trinajstić information content (AvgIpc) is 2.67. The third-order valence-electron chi connectivity index (χ3n) is 3.84. The third kappa shape index (κ3) is 4.36. The predicted octanol–water partition coefficient (Wildman–Crippen LogP) is 3.66. The summed E-state index contributed by atoms with van der Waals surface area (Å²) < 4.78 is 5.32. The standard InChI is InChI=1S/C20H20N4O2/c1-14-6-5-8-15(12-14)20(25)22-19-11-10-18(23-24-19)21-13-16-7-3-4-9-17(16)26-2/h3-12H,13H2,1-2H3,(H,21,23)(H,22,24,25). The van der Waals surface area contributed by atoms with E-state index >= 15 is 0 Å². The molecular weight excluding hydrogens is 328 g/mol. The Morgan fingerprint density at radius 2 is 1.77 bits per heavy atom. The molecule has 0 aliphatic rings. The molecule has 6 nitrogen and oxygen atoms in total. The summed E-state index contributed by atoms with van der Waals surface area (Å²) >= 11 is 0. The van der Waals surface area contributed by atoms with Gasteiger partial charge in [0, 0.05) is 17.7 Å². The maximum Gasteiger partial charge on any atom is 0.256 e. The van der Waals surface area contributed by atoms with E-state index in [0.29, 0.717) is 23.7 Å². The fourth-order valence-corrected chi connectivity index (χ4v) is 2.50. The van der Waals surface area contributed by atoms with Crippen molar-refractivity contribution >= 4 is 17.5 Å².